The zero-order valence-electron chi connectivity index (χ0n) is 16.8. The Hall–Kier alpha value is -2.95. The molecule has 1 unspecified atom stereocenters. The van der Waals surface area contributed by atoms with Crippen LogP contribution in [0.25, 0.3) is 6.08 Å². The van der Waals surface area contributed by atoms with E-state index < -0.39 is 18.0 Å². The number of carbonyl (C=O) groups is 2. The van der Waals surface area contributed by atoms with Crippen LogP contribution in [0.4, 0.5) is 0 Å². The van der Waals surface area contributed by atoms with Crippen LogP contribution in [0.15, 0.2) is 52.3 Å². The van der Waals surface area contributed by atoms with Crippen molar-refractivity contribution in [3.05, 3.63) is 68.6 Å². The fourth-order valence-corrected chi connectivity index (χ4v) is 4.05. The number of thiocarbonyl (C=S) groups is 1. The van der Waals surface area contributed by atoms with Crippen molar-refractivity contribution < 1.29 is 24.2 Å². The highest BCUT2D eigenvalue weighted by Gasteiger charge is 2.31. The smallest absolute Gasteiger partial charge is 0.336 e. The van der Waals surface area contributed by atoms with Gasteiger partial charge in [-0.3, -0.25) is 0 Å². The van der Waals surface area contributed by atoms with Gasteiger partial charge < -0.3 is 25.2 Å². The topological polar surface area (TPSA) is 110 Å². The van der Waals surface area contributed by atoms with Gasteiger partial charge in [0.2, 0.25) is 0 Å². The van der Waals surface area contributed by atoms with Crippen molar-refractivity contribution in [1.82, 2.24) is 15.6 Å². The summed E-state index contributed by atoms with van der Waals surface area (Å²) in [5.41, 5.74) is 1.77. The second-order valence-corrected chi connectivity index (χ2v) is 8.23. The number of carbonyl (C=O) groups excluding carboxylic acids is 1. The Morgan fingerprint density at radius 1 is 1.34 bits per heavy atom. The molecule has 0 spiro atoms. The number of halogens is 2. The van der Waals surface area contributed by atoms with E-state index in [1.165, 1.54) is 25.5 Å². The van der Waals surface area contributed by atoms with Gasteiger partial charge >= 0.3 is 11.9 Å². The van der Waals surface area contributed by atoms with Gasteiger partial charge in [0.1, 0.15) is 5.15 Å². The first kappa shape index (κ1) is 23.7. The first-order valence-corrected chi connectivity index (χ1v) is 10.7. The molecule has 0 radical (unpaired) electrons. The summed E-state index contributed by atoms with van der Waals surface area (Å²) in [5, 5.41) is 16.0. The van der Waals surface area contributed by atoms with Gasteiger partial charge in [0.15, 0.2) is 16.6 Å². The summed E-state index contributed by atoms with van der Waals surface area (Å²) in [6, 6.07) is 5.78. The number of hydrogen-bond donors (Lipinski definition) is 3. The van der Waals surface area contributed by atoms with Crippen molar-refractivity contribution in [2.24, 2.45) is 0 Å². The Bertz CT molecular complexity index is 1170. The Kier molecular flexibility index (Phi) is 7.49. The van der Waals surface area contributed by atoms with Crippen LogP contribution < -0.4 is 20.1 Å². The Morgan fingerprint density at radius 3 is 2.75 bits per heavy atom. The molecule has 0 saturated heterocycles. The van der Waals surface area contributed by atoms with Gasteiger partial charge in [0.25, 0.3) is 0 Å². The first-order valence-electron chi connectivity index (χ1n) is 9.10. The minimum atomic E-state index is -1.10. The summed E-state index contributed by atoms with van der Waals surface area (Å²) >= 11 is 14.4. The van der Waals surface area contributed by atoms with Gasteiger partial charge in [-0.05, 0) is 76.5 Å². The van der Waals surface area contributed by atoms with Gasteiger partial charge in [-0.1, -0.05) is 11.6 Å². The molecule has 1 aromatic carbocycles. The first-order chi connectivity index (χ1) is 15.2. The van der Waals surface area contributed by atoms with Crippen molar-refractivity contribution in [3.8, 4) is 11.5 Å². The molecule has 0 aliphatic carbocycles. The molecule has 3 N–H and O–H groups in total. The van der Waals surface area contributed by atoms with E-state index in [1.54, 1.807) is 31.2 Å². The van der Waals surface area contributed by atoms with Crippen LogP contribution >= 0.6 is 39.7 Å². The summed E-state index contributed by atoms with van der Waals surface area (Å²) < 4.78 is 11.2. The monoisotopic (exact) mass is 537 g/mol. The van der Waals surface area contributed by atoms with Crippen LogP contribution in [0.1, 0.15) is 24.1 Å². The molecule has 11 heteroatoms. The highest BCUT2D eigenvalue weighted by Crippen LogP contribution is 2.40. The lowest BCUT2D eigenvalue weighted by Gasteiger charge is -2.29. The minimum absolute atomic E-state index is 0.108. The predicted octanol–water partition coefficient (Wildman–Crippen LogP) is 4.00. The second kappa shape index (κ2) is 10.1. The summed E-state index contributed by atoms with van der Waals surface area (Å²) in [6.45, 7) is 1.63. The second-order valence-electron chi connectivity index (χ2n) is 6.58. The molecule has 2 aromatic rings. The lowest BCUT2D eigenvalue weighted by Crippen LogP contribution is -2.44. The Morgan fingerprint density at radius 2 is 2.09 bits per heavy atom. The zero-order valence-corrected chi connectivity index (χ0v) is 20.0. The number of allylic oxidation sites excluding steroid dienone is 1. The molecule has 2 heterocycles. The molecule has 0 bridgehead atoms. The van der Waals surface area contributed by atoms with E-state index in [1.807, 2.05) is 0 Å². The molecule has 166 valence electrons. The van der Waals surface area contributed by atoms with Crippen LogP contribution in [-0.2, 0) is 9.59 Å². The maximum atomic E-state index is 12.3. The third-order valence-electron chi connectivity index (χ3n) is 4.45. The lowest BCUT2D eigenvalue weighted by molar-refractivity contribution is -0.133. The number of aromatic nitrogens is 1. The van der Waals surface area contributed by atoms with Crippen molar-refractivity contribution >= 4 is 62.9 Å². The lowest BCUT2D eigenvalue weighted by atomic mass is 9.95. The highest BCUT2D eigenvalue weighted by molar-refractivity contribution is 9.10. The van der Waals surface area contributed by atoms with Crippen LogP contribution in [-0.4, -0.2) is 34.3 Å². The Labute approximate surface area is 202 Å². The molecular weight excluding hydrogens is 522 g/mol. The van der Waals surface area contributed by atoms with Crippen molar-refractivity contribution in [2.75, 3.05) is 7.11 Å². The number of ether oxygens (including phenoxy) is 2. The summed E-state index contributed by atoms with van der Waals surface area (Å²) in [6.07, 6.45) is 4.30. The number of nitrogens with one attached hydrogen (secondary N) is 2. The minimum Gasteiger partial charge on any atom is -0.493 e. The molecule has 3 rings (SSSR count). The van der Waals surface area contributed by atoms with E-state index >= 15 is 0 Å². The number of benzene rings is 1. The average molecular weight is 539 g/mol. The zero-order chi connectivity index (χ0) is 23.4. The maximum Gasteiger partial charge on any atom is 0.336 e. The summed E-state index contributed by atoms with van der Waals surface area (Å²) in [7, 11) is 1.41. The standard InChI is InChI=1S/C21H17BrClN3O5S/c1-10-17(20(28)29)18(26-21(32)25-10)12-8-13(22)19(14(9-12)30-2)31-16(27)4-3-11-5-6-24-15(23)7-11/h3-9,18H,1-2H3,(H,28,29)(H2,25,26,32). The van der Waals surface area contributed by atoms with E-state index in [4.69, 9.17) is 33.3 Å². The van der Waals surface area contributed by atoms with E-state index in [9.17, 15) is 14.7 Å². The number of rotatable bonds is 6. The van der Waals surface area contributed by atoms with Gasteiger partial charge in [0.05, 0.1) is 23.2 Å². The number of carboxylic acid groups (broad SMARTS) is 1. The summed E-state index contributed by atoms with van der Waals surface area (Å²) in [5.74, 6) is -1.36. The fraction of sp³-hybridized carbons (Fsp3) is 0.143. The maximum absolute atomic E-state index is 12.3. The summed E-state index contributed by atoms with van der Waals surface area (Å²) in [4.78, 5) is 28.0. The number of carboxylic acids is 1. The third-order valence-corrected chi connectivity index (χ3v) is 5.47. The largest absolute Gasteiger partial charge is 0.493 e. The fourth-order valence-electron chi connectivity index (χ4n) is 3.05. The van der Waals surface area contributed by atoms with Crippen molar-refractivity contribution in [3.63, 3.8) is 0 Å². The van der Waals surface area contributed by atoms with Gasteiger partial charge in [-0.15, -0.1) is 0 Å². The number of hydrogen-bond acceptors (Lipinski definition) is 6. The van der Waals surface area contributed by atoms with Gasteiger partial charge in [-0.25, -0.2) is 14.6 Å². The number of methoxy groups -OCH3 is 1. The van der Waals surface area contributed by atoms with E-state index in [0.29, 0.717) is 31.6 Å². The van der Waals surface area contributed by atoms with Gasteiger partial charge in [-0.2, -0.15) is 0 Å². The number of esters is 1. The molecule has 1 aliphatic heterocycles. The predicted molar refractivity (Wildman–Crippen MR) is 127 cm³/mol. The molecule has 1 aliphatic rings. The molecule has 8 nitrogen and oxygen atoms in total. The highest BCUT2D eigenvalue weighted by atomic mass is 79.9. The van der Waals surface area contributed by atoms with E-state index in [-0.39, 0.29) is 17.1 Å². The molecule has 32 heavy (non-hydrogen) atoms. The van der Waals surface area contributed by atoms with Crippen molar-refractivity contribution in [1.29, 1.82) is 0 Å². The molecule has 0 saturated carbocycles. The van der Waals surface area contributed by atoms with Crippen LogP contribution in [0.2, 0.25) is 5.15 Å². The third kappa shape index (κ3) is 5.45. The SMILES string of the molecule is COc1cc(C2NC(=S)NC(C)=C2C(=O)O)cc(Br)c1OC(=O)C=Cc1ccnc(Cl)c1. The molecule has 0 amide bonds. The average Bonchev–Trinajstić information content (AvgIpc) is 2.72. The normalized spacial score (nSPS) is 15.9. The number of pyridine rings is 1. The molecule has 0 fully saturated rings. The van der Waals surface area contributed by atoms with E-state index in [2.05, 4.69) is 31.5 Å². The Balaban J connectivity index is 1.90. The molecule has 1 atom stereocenters. The van der Waals surface area contributed by atoms with Crippen LogP contribution in [0, 0.1) is 0 Å². The van der Waals surface area contributed by atoms with Crippen LogP contribution in [0.3, 0.4) is 0 Å². The molecule has 1 aromatic heterocycles. The van der Waals surface area contributed by atoms with Gasteiger partial charge in [0, 0.05) is 18.0 Å². The molecular formula is C21H17BrClN3O5S. The number of aliphatic carboxylic acids is 1. The quantitative estimate of drug-likeness (QED) is 0.165. The van der Waals surface area contributed by atoms with Crippen molar-refractivity contribution in [2.45, 2.75) is 13.0 Å². The van der Waals surface area contributed by atoms with E-state index in [0.717, 1.165) is 0 Å². The number of nitrogens with zero attached hydrogens (tertiary/aromatic N) is 1. The van der Waals surface area contributed by atoms with Crippen LogP contribution in [0.5, 0.6) is 11.5 Å².